The predicted octanol–water partition coefficient (Wildman–Crippen LogP) is 7.02. The number of hydrogen-bond acceptors (Lipinski definition) is 5. The highest BCUT2D eigenvalue weighted by molar-refractivity contribution is 7.92. The maximum absolute atomic E-state index is 14.5. The molecule has 0 unspecified atom stereocenters. The van der Waals surface area contributed by atoms with Gasteiger partial charge in [0.2, 0.25) is 11.8 Å². The quantitative estimate of drug-likeness (QED) is 0.153. The van der Waals surface area contributed by atoms with Crippen LogP contribution in [0, 0.1) is 0 Å². The van der Waals surface area contributed by atoms with Crippen molar-refractivity contribution in [3.63, 3.8) is 0 Å². The minimum atomic E-state index is -4.29. The van der Waals surface area contributed by atoms with Crippen LogP contribution in [0.4, 0.5) is 5.69 Å². The van der Waals surface area contributed by atoms with Gasteiger partial charge in [0, 0.05) is 35.1 Å². The van der Waals surface area contributed by atoms with Crippen LogP contribution in [0.25, 0.3) is 0 Å². The van der Waals surface area contributed by atoms with Crippen molar-refractivity contribution in [1.82, 2.24) is 10.2 Å². The second-order valence-corrected chi connectivity index (χ2v) is 13.4. The van der Waals surface area contributed by atoms with E-state index in [9.17, 15) is 18.0 Å². The fourth-order valence-corrected chi connectivity index (χ4v) is 7.03. The van der Waals surface area contributed by atoms with Gasteiger partial charge in [-0.2, -0.15) is 0 Å². The largest absolute Gasteiger partial charge is 0.495 e. The molecular formula is C34H34Cl3N3O5S. The number of anilines is 1. The van der Waals surface area contributed by atoms with Crippen LogP contribution in [0.2, 0.25) is 15.1 Å². The number of amides is 2. The number of hydrogen-bond donors (Lipinski definition) is 1. The van der Waals surface area contributed by atoms with Gasteiger partial charge in [-0.05, 0) is 54.4 Å². The van der Waals surface area contributed by atoms with E-state index in [1.165, 1.54) is 42.3 Å². The highest BCUT2D eigenvalue weighted by Crippen LogP contribution is 2.33. The average molecular weight is 703 g/mol. The number of benzene rings is 4. The van der Waals surface area contributed by atoms with Crippen molar-refractivity contribution in [3.05, 3.63) is 123 Å². The molecule has 0 fully saturated rings. The van der Waals surface area contributed by atoms with Crippen LogP contribution in [-0.2, 0) is 32.6 Å². The van der Waals surface area contributed by atoms with E-state index in [0.29, 0.717) is 34.3 Å². The number of methoxy groups -OCH3 is 1. The summed E-state index contributed by atoms with van der Waals surface area (Å²) in [6, 6.07) is 25.4. The fraction of sp³-hybridized carbons (Fsp3) is 0.235. The fourth-order valence-electron chi connectivity index (χ4n) is 4.83. The zero-order valence-corrected chi connectivity index (χ0v) is 28.4. The van der Waals surface area contributed by atoms with Crippen LogP contribution in [-0.4, -0.2) is 51.4 Å². The number of rotatable bonds is 14. The monoisotopic (exact) mass is 701 g/mol. The zero-order valence-electron chi connectivity index (χ0n) is 25.3. The van der Waals surface area contributed by atoms with E-state index in [1.54, 1.807) is 36.4 Å². The highest BCUT2D eigenvalue weighted by atomic mass is 35.5. The first-order chi connectivity index (χ1) is 22.1. The van der Waals surface area contributed by atoms with Gasteiger partial charge in [-0.25, -0.2) is 8.42 Å². The molecule has 0 aliphatic carbocycles. The number of carbonyl (C=O) groups is 2. The summed E-state index contributed by atoms with van der Waals surface area (Å²) in [6.07, 6.45) is 0.833. The Kier molecular flexibility index (Phi) is 12.3. The van der Waals surface area contributed by atoms with E-state index in [0.717, 1.165) is 9.87 Å². The Balaban J connectivity index is 1.84. The molecule has 0 saturated heterocycles. The molecule has 0 aliphatic rings. The molecule has 0 spiro atoms. The number of ether oxygens (including phenoxy) is 1. The van der Waals surface area contributed by atoms with Crippen molar-refractivity contribution in [2.75, 3.05) is 24.5 Å². The number of nitrogens with zero attached hydrogens (tertiary/aromatic N) is 2. The van der Waals surface area contributed by atoms with Crippen molar-refractivity contribution in [3.8, 4) is 5.75 Å². The Labute approximate surface area is 284 Å². The van der Waals surface area contributed by atoms with Gasteiger partial charge in [0.15, 0.2) is 0 Å². The normalized spacial score (nSPS) is 11.8. The maximum Gasteiger partial charge on any atom is 0.264 e. The summed E-state index contributed by atoms with van der Waals surface area (Å²) in [6.45, 7) is 1.49. The first-order valence-electron chi connectivity index (χ1n) is 14.5. The standard InChI is InChI=1S/C34H34Cl3N3O5S/c1-3-19-38-34(42)31(20-24-11-6-4-7-12-24)39(22-27-28(35)15-10-16-29(27)36)33(41)23-40(25-17-18-32(45-2)30(37)21-25)46(43,44)26-13-8-5-9-14-26/h4-18,21,31H,3,19-20,22-23H2,1-2H3,(H,38,42)/t31-/m1/s1. The van der Waals surface area contributed by atoms with Crippen LogP contribution in [0.3, 0.4) is 0 Å². The van der Waals surface area contributed by atoms with E-state index in [1.807, 2.05) is 37.3 Å². The van der Waals surface area contributed by atoms with Gasteiger partial charge in [0.1, 0.15) is 18.3 Å². The second-order valence-electron chi connectivity index (χ2n) is 10.4. The summed E-state index contributed by atoms with van der Waals surface area (Å²) >= 11 is 19.5. The molecule has 4 aromatic carbocycles. The van der Waals surface area contributed by atoms with Gasteiger partial charge in [0.25, 0.3) is 10.0 Å². The van der Waals surface area contributed by atoms with E-state index in [2.05, 4.69) is 5.32 Å². The maximum atomic E-state index is 14.5. The third kappa shape index (κ3) is 8.53. The van der Waals surface area contributed by atoms with Crippen LogP contribution >= 0.6 is 34.8 Å². The van der Waals surface area contributed by atoms with Gasteiger partial charge in [-0.1, -0.05) is 96.3 Å². The molecule has 8 nitrogen and oxygen atoms in total. The summed E-state index contributed by atoms with van der Waals surface area (Å²) in [7, 11) is -2.85. The minimum Gasteiger partial charge on any atom is -0.495 e. The minimum absolute atomic E-state index is 0.0306. The molecule has 4 aromatic rings. The van der Waals surface area contributed by atoms with Crippen molar-refractivity contribution in [2.24, 2.45) is 0 Å². The molecule has 242 valence electrons. The number of halogens is 3. The lowest BCUT2D eigenvalue weighted by Crippen LogP contribution is -2.53. The lowest BCUT2D eigenvalue weighted by atomic mass is 10.0. The molecule has 46 heavy (non-hydrogen) atoms. The van der Waals surface area contributed by atoms with Gasteiger partial charge >= 0.3 is 0 Å². The van der Waals surface area contributed by atoms with Crippen molar-refractivity contribution in [1.29, 1.82) is 0 Å². The SMILES string of the molecule is CCCNC(=O)[C@@H](Cc1ccccc1)N(Cc1c(Cl)cccc1Cl)C(=O)CN(c1ccc(OC)c(Cl)c1)S(=O)(=O)c1ccccc1. The number of carbonyl (C=O) groups excluding carboxylic acids is 2. The molecule has 4 rings (SSSR count). The first-order valence-corrected chi connectivity index (χ1v) is 17.1. The lowest BCUT2D eigenvalue weighted by molar-refractivity contribution is -0.140. The Morgan fingerprint density at radius 2 is 1.48 bits per heavy atom. The Bertz CT molecular complexity index is 1740. The molecule has 0 aliphatic heterocycles. The van der Waals surface area contributed by atoms with Gasteiger partial charge < -0.3 is 15.0 Å². The second kappa shape index (κ2) is 16.2. The molecule has 0 saturated carbocycles. The molecule has 2 amide bonds. The highest BCUT2D eigenvalue weighted by Gasteiger charge is 2.35. The van der Waals surface area contributed by atoms with Gasteiger partial charge in [0.05, 0.1) is 22.7 Å². The van der Waals surface area contributed by atoms with E-state index in [4.69, 9.17) is 39.5 Å². The third-order valence-electron chi connectivity index (χ3n) is 7.24. The van der Waals surface area contributed by atoms with E-state index >= 15 is 0 Å². The molecule has 12 heteroatoms. The van der Waals surface area contributed by atoms with Crippen LogP contribution in [0.15, 0.2) is 102 Å². The summed E-state index contributed by atoms with van der Waals surface area (Å²) in [5.74, 6) is -0.721. The van der Waals surface area contributed by atoms with Crippen molar-refractivity contribution < 1.29 is 22.7 Å². The number of sulfonamides is 1. The van der Waals surface area contributed by atoms with Crippen molar-refractivity contribution >= 4 is 62.3 Å². The molecule has 1 N–H and O–H groups in total. The molecule has 1 atom stereocenters. The average Bonchev–Trinajstić information content (AvgIpc) is 3.06. The van der Waals surface area contributed by atoms with Crippen LogP contribution in [0.5, 0.6) is 5.75 Å². The molecule has 0 radical (unpaired) electrons. The summed E-state index contributed by atoms with van der Waals surface area (Å²) in [5, 5.41) is 3.66. The summed E-state index contributed by atoms with van der Waals surface area (Å²) < 4.78 is 34.5. The Hall–Kier alpha value is -3.76. The Morgan fingerprint density at radius 3 is 2.07 bits per heavy atom. The smallest absolute Gasteiger partial charge is 0.264 e. The van der Waals surface area contributed by atoms with E-state index in [-0.39, 0.29) is 28.6 Å². The Morgan fingerprint density at radius 1 is 0.848 bits per heavy atom. The van der Waals surface area contributed by atoms with Crippen LogP contribution < -0.4 is 14.4 Å². The van der Waals surface area contributed by atoms with Gasteiger partial charge in [-0.15, -0.1) is 0 Å². The summed E-state index contributed by atoms with van der Waals surface area (Å²) in [5.41, 5.74) is 1.36. The van der Waals surface area contributed by atoms with Gasteiger partial charge in [-0.3, -0.25) is 13.9 Å². The zero-order chi connectivity index (χ0) is 33.3. The number of nitrogens with one attached hydrogen (secondary N) is 1. The molecule has 0 heterocycles. The third-order valence-corrected chi connectivity index (χ3v) is 10.0. The topological polar surface area (TPSA) is 96.0 Å². The molecule has 0 bridgehead atoms. The lowest BCUT2D eigenvalue weighted by Gasteiger charge is -2.34. The molecule has 0 aromatic heterocycles. The molecular weight excluding hydrogens is 669 g/mol. The predicted molar refractivity (Wildman–Crippen MR) is 183 cm³/mol. The first kappa shape index (κ1) is 35.1. The van der Waals surface area contributed by atoms with Crippen LogP contribution in [0.1, 0.15) is 24.5 Å². The van der Waals surface area contributed by atoms with E-state index < -0.39 is 34.4 Å². The van der Waals surface area contributed by atoms with Crippen molar-refractivity contribution in [2.45, 2.75) is 37.2 Å². The summed E-state index contributed by atoms with van der Waals surface area (Å²) in [4.78, 5) is 29.6.